The Hall–Kier alpha value is -1.80. The van der Waals surface area contributed by atoms with Crippen LogP contribution in [-0.4, -0.2) is 13.2 Å². The lowest BCUT2D eigenvalue weighted by molar-refractivity contribution is 0.242. The summed E-state index contributed by atoms with van der Waals surface area (Å²) in [6.07, 6.45) is 2.57. The molecule has 3 rings (SSSR count). The summed E-state index contributed by atoms with van der Waals surface area (Å²) in [5.74, 6) is 0.941. The van der Waals surface area contributed by atoms with Crippen LogP contribution >= 0.6 is 0 Å². The van der Waals surface area contributed by atoms with E-state index in [0.717, 1.165) is 12.2 Å². The molecule has 1 aliphatic rings. The highest BCUT2D eigenvalue weighted by Crippen LogP contribution is 2.34. The fourth-order valence-electron chi connectivity index (χ4n) is 3.12. The molecule has 1 atom stereocenters. The Kier molecular flexibility index (Phi) is 3.98. The van der Waals surface area contributed by atoms with Gasteiger partial charge in [0.05, 0.1) is 6.10 Å². The van der Waals surface area contributed by atoms with Crippen LogP contribution in [0.15, 0.2) is 42.5 Å². The van der Waals surface area contributed by atoms with Crippen molar-refractivity contribution in [3.8, 4) is 16.9 Å². The van der Waals surface area contributed by atoms with Crippen molar-refractivity contribution in [2.75, 3.05) is 7.05 Å². The third-order valence-electron chi connectivity index (χ3n) is 4.11. The number of fused-ring (bicyclic) bond motifs is 1. The lowest BCUT2D eigenvalue weighted by Crippen LogP contribution is -2.12. The molecule has 2 nitrogen and oxygen atoms in total. The van der Waals surface area contributed by atoms with Crippen LogP contribution in [0.2, 0.25) is 0 Å². The predicted molar refractivity (Wildman–Crippen MR) is 87.8 cm³/mol. The van der Waals surface area contributed by atoms with Crippen LogP contribution in [0.25, 0.3) is 11.1 Å². The SMILES string of the molecule is CNC1CCc2cc(-c3cccc(OC(C)C)c3)ccc21. The van der Waals surface area contributed by atoms with Gasteiger partial charge in [-0.1, -0.05) is 30.3 Å². The number of ether oxygens (including phenoxy) is 1. The van der Waals surface area contributed by atoms with Gasteiger partial charge in [0.2, 0.25) is 0 Å². The van der Waals surface area contributed by atoms with E-state index in [-0.39, 0.29) is 6.10 Å². The van der Waals surface area contributed by atoms with Crippen molar-refractivity contribution < 1.29 is 4.74 Å². The summed E-state index contributed by atoms with van der Waals surface area (Å²) in [7, 11) is 2.04. The highest BCUT2D eigenvalue weighted by atomic mass is 16.5. The molecule has 1 unspecified atom stereocenters. The number of hydrogen-bond donors (Lipinski definition) is 1. The van der Waals surface area contributed by atoms with E-state index >= 15 is 0 Å². The minimum atomic E-state index is 0.205. The second kappa shape index (κ2) is 5.90. The Morgan fingerprint density at radius 2 is 1.90 bits per heavy atom. The number of benzene rings is 2. The van der Waals surface area contributed by atoms with Crippen molar-refractivity contribution >= 4 is 0 Å². The summed E-state index contributed by atoms with van der Waals surface area (Å²) in [6.45, 7) is 4.11. The Labute approximate surface area is 127 Å². The van der Waals surface area contributed by atoms with E-state index in [9.17, 15) is 0 Å². The quantitative estimate of drug-likeness (QED) is 0.899. The Morgan fingerprint density at radius 1 is 1.10 bits per heavy atom. The van der Waals surface area contributed by atoms with E-state index in [1.165, 1.54) is 28.7 Å². The topological polar surface area (TPSA) is 21.3 Å². The molecule has 0 heterocycles. The van der Waals surface area contributed by atoms with Gasteiger partial charge in [-0.2, -0.15) is 0 Å². The van der Waals surface area contributed by atoms with Gasteiger partial charge >= 0.3 is 0 Å². The molecule has 2 heteroatoms. The van der Waals surface area contributed by atoms with Crippen LogP contribution in [-0.2, 0) is 6.42 Å². The first kappa shape index (κ1) is 14.2. The molecule has 0 aliphatic heterocycles. The highest BCUT2D eigenvalue weighted by molar-refractivity contribution is 5.67. The van der Waals surface area contributed by atoms with E-state index in [1.807, 2.05) is 13.1 Å². The maximum absolute atomic E-state index is 5.79. The van der Waals surface area contributed by atoms with Crippen LogP contribution in [0.1, 0.15) is 37.4 Å². The van der Waals surface area contributed by atoms with Crippen molar-refractivity contribution in [3.63, 3.8) is 0 Å². The third kappa shape index (κ3) is 2.96. The third-order valence-corrected chi connectivity index (χ3v) is 4.11. The van der Waals surface area contributed by atoms with Gasteiger partial charge in [-0.05, 0) is 68.1 Å². The van der Waals surface area contributed by atoms with Crippen molar-refractivity contribution in [1.29, 1.82) is 0 Å². The summed E-state index contributed by atoms with van der Waals surface area (Å²) in [5, 5.41) is 3.39. The summed E-state index contributed by atoms with van der Waals surface area (Å²) in [4.78, 5) is 0. The molecule has 1 aliphatic carbocycles. The smallest absolute Gasteiger partial charge is 0.120 e. The van der Waals surface area contributed by atoms with E-state index in [0.29, 0.717) is 6.04 Å². The first-order valence-electron chi connectivity index (χ1n) is 7.74. The lowest BCUT2D eigenvalue weighted by atomic mass is 9.99. The Morgan fingerprint density at radius 3 is 2.67 bits per heavy atom. The zero-order valence-corrected chi connectivity index (χ0v) is 13.0. The van der Waals surface area contributed by atoms with Crippen LogP contribution in [0.3, 0.4) is 0 Å². The molecule has 21 heavy (non-hydrogen) atoms. The van der Waals surface area contributed by atoms with Gasteiger partial charge in [0.1, 0.15) is 5.75 Å². The molecular formula is C19H23NO. The molecule has 2 aromatic carbocycles. The van der Waals surface area contributed by atoms with E-state index in [2.05, 4.69) is 55.6 Å². The minimum Gasteiger partial charge on any atom is -0.491 e. The van der Waals surface area contributed by atoms with E-state index in [4.69, 9.17) is 4.74 Å². The normalized spacial score (nSPS) is 17.0. The van der Waals surface area contributed by atoms with E-state index < -0.39 is 0 Å². The van der Waals surface area contributed by atoms with Gasteiger partial charge in [0.15, 0.2) is 0 Å². The summed E-state index contributed by atoms with van der Waals surface area (Å²) < 4.78 is 5.79. The maximum atomic E-state index is 5.79. The second-order valence-electron chi connectivity index (χ2n) is 5.99. The molecule has 0 saturated heterocycles. The number of aryl methyl sites for hydroxylation is 1. The van der Waals surface area contributed by atoms with Gasteiger partial charge < -0.3 is 10.1 Å². The largest absolute Gasteiger partial charge is 0.491 e. The minimum absolute atomic E-state index is 0.205. The molecule has 2 aromatic rings. The highest BCUT2D eigenvalue weighted by Gasteiger charge is 2.21. The zero-order valence-electron chi connectivity index (χ0n) is 13.0. The maximum Gasteiger partial charge on any atom is 0.120 e. The van der Waals surface area contributed by atoms with Crippen LogP contribution in [0.5, 0.6) is 5.75 Å². The molecule has 0 aromatic heterocycles. The van der Waals surface area contributed by atoms with Gasteiger partial charge in [0, 0.05) is 6.04 Å². The van der Waals surface area contributed by atoms with Gasteiger partial charge in [-0.3, -0.25) is 0 Å². The lowest BCUT2D eigenvalue weighted by Gasteiger charge is -2.13. The Bertz CT molecular complexity index is 633. The summed E-state index contributed by atoms with van der Waals surface area (Å²) in [5.41, 5.74) is 5.43. The fraction of sp³-hybridized carbons (Fsp3) is 0.368. The second-order valence-corrected chi connectivity index (χ2v) is 5.99. The fourth-order valence-corrected chi connectivity index (χ4v) is 3.12. The molecule has 0 spiro atoms. The van der Waals surface area contributed by atoms with Crippen molar-refractivity contribution in [2.45, 2.75) is 38.8 Å². The average molecular weight is 281 g/mol. The molecular weight excluding hydrogens is 258 g/mol. The van der Waals surface area contributed by atoms with Gasteiger partial charge in [0.25, 0.3) is 0 Å². The molecule has 1 N–H and O–H groups in total. The molecule has 0 bridgehead atoms. The molecule has 110 valence electrons. The summed E-state index contributed by atoms with van der Waals surface area (Å²) >= 11 is 0. The average Bonchev–Trinajstić information content (AvgIpc) is 2.89. The first-order chi connectivity index (χ1) is 10.2. The molecule has 0 fully saturated rings. The predicted octanol–water partition coefficient (Wildman–Crippen LogP) is 4.35. The summed E-state index contributed by atoms with van der Waals surface area (Å²) in [6, 6.07) is 15.7. The Balaban J connectivity index is 1.91. The van der Waals surface area contributed by atoms with Gasteiger partial charge in [-0.25, -0.2) is 0 Å². The molecule has 0 saturated carbocycles. The first-order valence-corrected chi connectivity index (χ1v) is 7.74. The van der Waals surface area contributed by atoms with Crippen LogP contribution in [0.4, 0.5) is 0 Å². The standard InChI is InChI=1S/C19H23NO/c1-13(2)21-17-6-4-5-14(12-17)15-7-9-18-16(11-15)8-10-19(18)20-3/h4-7,9,11-13,19-20H,8,10H2,1-3H3. The molecule has 0 radical (unpaired) electrons. The van der Waals surface area contributed by atoms with E-state index in [1.54, 1.807) is 0 Å². The number of hydrogen-bond acceptors (Lipinski definition) is 2. The van der Waals surface area contributed by atoms with Crippen molar-refractivity contribution in [1.82, 2.24) is 5.32 Å². The van der Waals surface area contributed by atoms with Crippen molar-refractivity contribution in [3.05, 3.63) is 53.6 Å². The number of nitrogens with one attached hydrogen (secondary N) is 1. The monoisotopic (exact) mass is 281 g/mol. The zero-order chi connectivity index (χ0) is 14.8. The van der Waals surface area contributed by atoms with Gasteiger partial charge in [-0.15, -0.1) is 0 Å². The molecule has 0 amide bonds. The number of rotatable bonds is 4. The van der Waals surface area contributed by atoms with Crippen LogP contribution < -0.4 is 10.1 Å². The van der Waals surface area contributed by atoms with Crippen molar-refractivity contribution in [2.24, 2.45) is 0 Å². The van der Waals surface area contributed by atoms with Crippen LogP contribution in [0, 0.1) is 0 Å².